The third-order valence-electron chi connectivity index (χ3n) is 5.35. The van der Waals surface area contributed by atoms with Gasteiger partial charge in [0.15, 0.2) is 0 Å². The van der Waals surface area contributed by atoms with Crippen LogP contribution in [0, 0.1) is 0 Å². The molecule has 1 unspecified atom stereocenters. The van der Waals surface area contributed by atoms with Gasteiger partial charge in [-0.25, -0.2) is 5.43 Å². The highest BCUT2D eigenvalue weighted by molar-refractivity contribution is 5.28. The van der Waals surface area contributed by atoms with Crippen LogP contribution >= 0.6 is 0 Å². The number of nitrogens with zero attached hydrogens (tertiary/aromatic N) is 2. The van der Waals surface area contributed by atoms with Crippen molar-refractivity contribution in [1.29, 1.82) is 0 Å². The molecular weight excluding hydrogens is 342 g/mol. The fourth-order valence-corrected chi connectivity index (χ4v) is 3.59. The van der Waals surface area contributed by atoms with Crippen LogP contribution in [-0.4, -0.2) is 37.6 Å². The Labute approximate surface area is 171 Å². The standard InChI is InChI=1S/C25H35N3/c1-6-25(28(5)26-3)24(23-16-11-8-12-17-23)18-13-19-27(4)21(2)20-22-14-9-7-10-15-22/h6-12,14-17,24,26H,2,13,18-20H2,1,3-5H3/b25-6-. The zero-order valence-corrected chi connectivity index (χ0v) is 17.9. The van der Waals surface area contributed by atoms with E-state index in [-0.39, 0.29) is 0 Å². The SMILES string of the molecule is C=C(Cc1ccccc1)N(C)CCCC(/C(=C/C)N(C)NC)c1ccccc1. The summed E-state index contributed by atoms with van der Waals surface area (Å²) in [6.07, 6.45) is 5.33. The molecule has 0 aliphatic rings. The van der Waals surface area contributed by atoms with Gasteiger partial charge in [0.05, 0.1) is 0 Å². The number of hydrazine groups is 1. The molecule has 0 bridgehead atoms. The average Bonchev–Trinajstić information content (AvgIpc) is 2.74. The maximum Gasteiger partial charge on any atom is 0.0322 e. The third kappa shape index (κ3) is 6.28. The minimum absolute atomic E-state index is 0.374. The monoisotopic (exact) mass is 377 g/mol. The lowest BCUT2D eigenvalue weighted by molar-refractivity contribution is 0.299. The molecule has 0 aliphatic heterocycles. The Hall–Kier alpha value is -2.52. The molecule has 0 saturated heterocycles. The molecule has 0 aliphatic carbocycles. The fourth-order valence-electron chi connectivity index (χ4n) is 3.59. The van der Waals surface area contributed by atoms with E-state index in [1.807, 2.05) is 7.05 Å². The van der Waals surface area contributed by atoms with Crippen LogP contribution in [0.5, 0.6) is 0 Å². The number of hydrogen-bond donors (Lipinski definition) is 1. The van der Waals surface area contributed by atoms with Crippen molar-refractivity contribution < 1.29 is 0 Å². The van der Waals surface area contributed by atoms with Crippen molar-refractivity contribution >= 4 is 0 Å². The molecule has 0 amide bonds. The topological polar surface area (TPSA) is 18.5 Å². The average molecular weight is 378 g/mol. The lowest BCUT2D eigenvalue weighted by Crippen LogP contribution is -2.33. The number of hydrogen-bond acceptors (Lipinski definition) is 3. The lowest BCUT2D eigenvalue weighted by Gasteiger charge is -2.30. The summed E-state index contributed by atoms with van der Waals surface area (Å²) < 4.78 is 0. The number of rotatable bonds is 11. The van der Waals surface area contributed by atoms with Crippen molar-refractivity contribution in [2.45, 2.75) is 32.1 Å². The van der Waals surface area contributed by atoms with Gasteiger partial charge in [0, 0.05) is 51.4 Å². The van der Waals surface area contributed by atoms with Crippen LogP contribution in [0.1, 0.15) is 36.8 Å². The van der Waals surface area contributed by atoms with Gasteiger partial charge in [-0.15, -0.1) is 0 Å². The Kier molecular flexibility index (Phi) is 8.83. The molecule has 0 heterocycles. The van der Waals surface area contributed by atoms with Crippen LogP contribution in [0.25, 0.3) is 0 Å². The molecule has 1 atom stereocenters. The third-order valence-corrected chi connectivity index (χ3v) is 5.35. The van der Waals surface area contributed by atoms with Crippen LogP contribution in [0.15, 0.2) is 84.7 Å². The fraction of sp³-hybridized carbons (Fsp3) is 0.360. The van der Waals surface area contributed by atoms with E-state index in [0.29, 0.717) is 5.92 Å². The zero-order chi connectivity index (χ0) is 20.4. The summed E-state index contributed by atoms with van der Waals surface area (Å²) in [6, 6.07) is 21.4. The van der Waals surface area contributed by atoms with Gasteiger partial charge < -0.3 is 9.91 Å². The van der Waals surface area contributed by atoms with E-state index in [1.165, 1.54) is 22.5 Å². The molecular formula is C25H35N3. The molecule has 2 aromatic carbocycles. The number of allylic oxidation sites excluding steroid dienone is 3. The second kappa shape index (κ2) is 11.4. The molecule has 0 fully saturated rings. The van der Waals surface area contributed by atoms with E-state index in [4.69, 9.17) is 0 Å². The predicted molar refractivity (Wildman–Crippen MR) is 121 cm³/mol. The largest absolute Gasteiger partial charge is 0.378 e. The Bertz CT molecular complexity index is 737. The van der Waals surface area contributed by atoms with Crippen LogP contribution in [0.3, 0.4) is 0 Å². The van der Waals surface area contributed by atoms with Gasteiger partial charge in [0.25, 0.3) is 0 Å². The van der Waals surface area contributed by atoms with Gasteiger partial charge in [0.1, 0.15) is 0 Å². The molecule has 0 radical (unpaired) electrons. The van der Waals surface area contributed by atoms with Crippen LogP contribution in [0.4, 0.5) is 0 Å². The van der Waals surface area contributed by atoms with E-state index >= 15 is 0 Å². The summed E-state index contributed by atoms with van der Waals surface area (Å²) >= 11 is 0. The van der Waals surface area contributed by atoms with E-state index in [0.717, 1.165) is 25.8 Å². The Morgan fingerprint density at radius 3 is 2.21 bits per heavy atom. The van der Waals surface area contributed by atoms with Crippen molar-refractivity contribution in [2.75, 3.05) is 27.7 Å². The molecule has 3 nitrogen and oxygen atoms in total. The number of benzene rings is 2. The highest BCUT2D eigenvalue weighted by Crippen LogP contribution is 2.30. The van der Waals surface area contributed by atoms with E-state index in [2.05, 4.69) is 110 Å². The minimum Gasteiger partial charge on any atom is -0.378 e. The Morgan fingerprint density at radius 1 is 1.04 bits per heavy atom. The van der Waals surface area contributed by atoms with Gasteiger partial charge in [-0.2, -0.15) is 0 Å². The maximum atomic E-state index is 4.29. The molecule has 0 saturated carbocycles. The van der Waals surface area contributed by atoms with Crippen molar-refractivity contribution in [3.05, 3.63) is 95.8 Å². The normalized spacial score (nSPS) is 12.5. The van der Waals surface area contributed by atoms with Gasteiger partial charge in [-0.1, -0.05) is 73.3 Å². The predicted octanol–water partition coefficient (Wildman–Crippen LogP) is 5.21. The maximum absolute atomic E-state index is 4.29. The van der Waals surface area contributed by atoms with E-state index < -0.39 is 0 Å². The summed E-state index contributed by atoms with van der Waals surface area (Å²) in [6.45, 7) is 7.42. The summed E-state index contributed by atoms with van der Waals surface area (Å²) in [7, 11) is 6.20. The van der Waals surface area contributed by atoms with Crippen LogP contribution in [0.2, 0.25) is 0 Å². The minimum atomic E-state index is 0.374. The molecule has 28 heavy (non-hydrogen) atoms. The lowest BCUT2D eigenvalue weighted by atomic mass is 9.90. The molecule has 2 aromatic rings. The van der Waals surface area contributed by atoms with Gasteiger partial charge >= 0.3 is 0 Å². The number of likely N-dealkylation sites (N-methyl/N-ethyl adjacent to an activating group) is 2. The molecule has 0 aromatic heterocycles. The van der Waals surface area contributed by atoms with Crippen LogP contribution < -0.4 is 5.43 Å². The van der Waals surface area contributed by atoms with Gasteiger partial charge in [0.2, 0.25) is 0 Å². The quantitative estimate of drug-likeness (QED) is 0.542. The Morgan fingerprint density at radius 2 is 1.64 bits per heavy atom. The molecule has 1 N–H and O–H groups in total. The first-order valence-corrected chi connectivity index (χ1v) is 10.1. The zero-order valence-electron chi connectivity index (χ0n) is 17.9. The highest BCUT2D eigenvalue weighted by atomic mass is 15.5. The summed E-state index contributed by atoms with van der Waals surface area (Å²) in [5.74, 6) is 0.374. The first-order valence-electron chi connectivity index (χ1n) is 10.1. The van der Waals surface area contributed by atoms with Crippen LogP contribution in [-0.2, 0) is 6.42 Å². The van der Waals surface area contributed by atoms with E-state index in [1.54, 1.807) is 0 Å². The first-order chi connectivity index (χ1) is 13.6. The highest BCUT2D eigenvalue weighted by Gasteiger charge is 2.19. The van der Waals surface area contributed by atoms with Crippen molar-refractivity contribution in [3.8, 4) is 0 Å². The second-order valence-corrected chi connectivity index (χ2v) is 7.25. The van der Waals surface area contributed by atoms with E-state index in [9.17, 15) is 0 Å². The van der Waals surface area contributed by atoms with Gasteiger partial charge in [-0.3, -0.25) is 0 Å². The second-order valence-electron chi connectivity index (χ2n) is 7.25. The molecule has 0 spiro atoms. The summed E-state index contributed by atoms with van der Waals surface area (Å²) in [5.41, 5.74) is 8.40. The number of nitrogens with one attached hydrogen (secondary N) is 1. The molecule has 3 heteroatoms. The molecule has 150 valence electrons. The smallest absolute Gasteiger partial charge is 0.0322 e. The summed E-state index contributed by atoms with van der Waals surface area (Å²) in [5, 5.41) is 2.12. The van der Waals surface area contributed by atoms with Crippen molar-refractivity contribution in [2.24, 2.45) is 0 Å². The summed E-state index contributed by atoms with van der Waals surface area (Å²) in [4.78, 5) is 2.30. The first kappa shape index (κ1) is 21.8. The van der Waals surface area contributed by atoms with Gasteiger partial charge in [-0.05, 0) is 30.9 Å². The Balaban J connectivity index is 1.98. The van der Waals surface area contributed by atoms with Crippen molar-refractivity contribution in [3.63, 3.8) is 0 Å². The molecule has 2 rings (SSSR count). The van der Waals surface area contributed by atoms with Crippen molar-refractivity contribution in [1.82, 2.24) is 15.3 Å².